The maximum Gasteiger partial charge on any atom is 0.336 e. The number of aliphatic carboxylic acids is 1. The minimum absolute atomic E-state index is 0.174. The van der Waals surface area contributed by atoms with E-state index in [-0.39, 0.29) is 12.5 Å². The zero-order valence-electron chi connectivity index (χ0n) is 18.5. The number of aryl methyl sites for hydroxylation is 1. The van der Waals surface area contributed by atoms with E-state index in [1.807, 2.05) is 30.3 Å². The molecular weight excluding hydrogens is 426 g/mol. The van der Waals surface area contributed by atoms with Crippen molar-refractivity contribution in [3.8, 4) is 22.6 Å². The third-order valence-corrected chi connectivity index (χ3v) is 6.06. The molecule has 1 N–H and O–H groups in total. The number of benzene rings is 2. The van der Waals surface area contributed by atoms with E-state index in [0.717, 1.165) is 22.3 Å². The highest BCUT2D eigenvalue weighted by molar-refractivity contribution is 5.95. The summed E-state index contributed by atoms with van der Waals surface area (Å²) in [6.45, 7) is 2.40. The largest absolute Gasteiger partial charge is 0.497 e. The molecule has 1 aliphatic rings. The Labute approximate surface area is 190 Å². The monoisotopic (exact) mass is 451 g/mol. The first-order valence-electron chi connectivity index (χ1n) is 10.7. The molecule has 1 fully saturated rings. The molecule has 8 nitrogen and oxygen atoms in total. The fourth-order valence-electron chi connectivity index (χ4n) is 4.12. The number of rotatable bonds is 6. The van der Waals surface area contributed by atoms with Crippen LogP contribution >= 0.6 is 0 Å². The van der Waals surface area contributed by atoms with Gasteiger partial charge < -0.3 is 23.9 Å². The van der Waals surface area contributed by atoms with Crippen molar-refractivity contribution in [3.63, 3.8) is 0 Å². The van der Waals surface area contributed by atoms with Gasteiger partial charge in [0.1, 0.15) is 17.1 Å². The number of likely N-dealkylation sites (tertiary alicyclic amines) is 1. The fourth-order valence-corrected chi connectivity index (χ4v) is 4.12. The van der Waals surface area contributed by atoms with E-state index in [0.29, 0.717) is 42.8 Å². The van der Waals surface area contributed by atoms with Crippen molar-refractivity contribution in [3.05, 3.63) is 58.4 Å². The second-order valence-electron chi connectivity index (χ2n) is 8.05. The van der Waals surface area contributed by atoms with Gasteiger partial charge in [-0.1, -0.05) is 12.1 Å². The highest BCUT2D eigenvalue weighted by Crippen LogP contribution is 2.33. The predicted octanol–water partition coefficient (Wildman–Crippen LogP) is 3.48. The number of fused-ring (bicyclic) bond motifs is 1. The molecule has 3 aromatic rings. The van der Waals surface area contributed by atoms with Crippen LogP contribution in [0.3, 0.4) is 0 Å². The number of hydrogen-bond acceptors (Lipinski definition) is 6. The first-order chi connectivity index (χ1) is 15.9. The molecule has 1 aromatic heterocycles. The quantitative estimate of drug-likeness (QED) is 0.572. The summed E-state index contributed by atoms with van der Waals surface area (Å²) < 4.78 is 16.5. The Kier molecular flexibility index (Phi) is 6.35. The van der Waals surface area contributed by atoms with Gasteiger partial charge in [-0.2, -0.15) is 0 Å². The van der Waals surface area contributed by atoms with Crippen LogP contribution in [0, 0.1) is 12.8 Å². The average molecular weight is 451 g/mol. The van der Waals surface area contributed by atoms with Crippen molar-refractivity contribution in [2.24, 2.45) is 5.92 Å². The van der Waals surface area contributed by atoms with Crippen molar-refractivity contribution in [1.82, 2.24) is 4.90 Å². The van der Waals surface area contributed by atoms with Gasteiger partial charge in [-0.05, 0) is 55.2 Å². The number of amides is 1. The number of carbonyl (C=O) groups is 2. The van der Waals surface area contributed by atoms with Crippen LogP contribution in [0.15, 0.2) is 51.7 Å². The number of carbonyl (C=O) groups excluding carboxylic acids is 1. The summed E-state index contributed by atoms with van der Waals surface area (Å²) in [6, 6.07) is 12.4. The van der Waals surface area contributed by atoms with Gasteiger partial charge in [0.05, 0.1) is 13.0 Å². The fraction of sp³-hybridized carbons (Fsp3) is 0.320. The van der Waals surface area contributed by atoms with Crippen LogP contribution in [0.1, 0.15) is 18.4 Å². The van der Waals surface area contributed by atoms with Crippen molar-refractivity contribution >= 4 is 22.8 Å². The van der Waals surface area contributed by atoms with Crippen LogP contribution in [0.2, 0.25) is 0 Å². The summed E-state index contributed by atoms with van der Waals surface area (Å²) in [7, 11) is 1.59. The van der Waals surface area contributed by atoms with Crippen molar-refractivity contribution in [1.29, 1.82) is 0 Å². The molecule has 1 aliphatic heterocycles. The van der Waals surface area contributed by atoms with E-state index in [4.69, 9.17) is 19.0 Å². The van der Waals surface area contributed by atoms with Crippen LogP contribution in [-0.4, -0.2) is 48.7 Å². The number of nitrogens with zero attached hydrogens (tertiary/aromatic N) is 1. The van der Waals surface area contributed by atoms with Gasteiger partial charge in [-0.25, -0.2) is 4.79 Å². The number of carboxylic acid groups (broad SMARTS) is 1. The van der Waals surface area contributed by atoms with Crippen LogP contribution in [0.5, 0.6) is 11.5 Å². The van der Waals surface area contributed by atoms with E-state index in [1.54, 1.807) is 25.0 Å². The minimum Gasteiger partial charge on any atom is -0.497 e. The predicted molar refractivity (Wildman–Crippen MR) is 122 cm³/mol. The van der Waals surface area contributed by atoms with Gasteiger partial charge in [0.2, 0.25) is 0 Å². The first-order valence-corrected chi connectivity index (χ1v) is 10.7. The number of carboxylic acids is 1. The maximum absolute atomic E-state index is 12.5. The molecule has 0 saturated carbocycles. The van der Waals surface area contributed by atoms with Gasteiger partial charge in [0.15, 0.2) is 6.61 Å². The Morgan fingerprint density at radius 3 is 2.45 bits per heavy atom. The molecule has 2 heterocycles. The SMILES string of the molecule is COc1ccc(-c2cc(=O)oc3c(C)c(OCC(=O)N4CCC(C(=O)O)CC4)ccc23)cc1. The number of piperidine rings is 1. The third-order valence-electron chi connectivity index (χ3n) is 6.06. The third kappa shape index (κ3) is 4.69. The smallest absolute Gasteiger partial charge is 0.336 e. The Morgan fingerprint density at radius 1 is 1.12 bits per heavy atom. The summed E-state index contributed by atoms with van der Waals surface area (Å²) in [5.41, 5.74) is 2.13. The number of hydrogen-bond donors (Lipinski definition) is 1. The zero-order chi connectivity index (χ0) is 23.5. The maximum atomic E-state index is 12.5. The number of methoxy groups -OCH3 is 1. The van der Waals surface area contributed by atoms with Gasteiger partial charge in [0.25, 0.3) is 5.91 Å². The Hall–Kier alpha value is -3.81. The lowest BCUT2D eigenvalue weighted by Crippen LogP contribution is -2.42. The van der Waals surface area contributed by atoms with Crippen molar-refractivity contribution in [2.45, 2.75) is 19.8 Å². The molecule has 0 atom stereocenters. The van der Waals surface area contributed by atoms with Crippen LogP contribution in [-0.2, 0) is 9.59 Å². The van der Waals surface area contributed by atoms with Gasteiger partial charge in [0, 0.05) is 30.1 Å². The van der Waals surface area contributed by atoms with Crippen molar-refractivity contribution < 1.29 is 28.6 Å². The zero-order valence-corrected chi connectivity index (χ0v) is 18.5. The molecular formula is C25H25NO7. The van der Waals surface area contributed by atoms with Crippen LogP contribution in [0.25, 0.3) is 22.1 Å². The van der Waals surface area contributed by atoms with Crippen LogP contribution in [0.4, 0.5) is 0 Å². The van der Waals surface area contributed by atoms with E-state index < -0.39 is 17.5 Å². The molecule has 2 aromatic carbocycles. The minimum atomic E-state index is -0.819. The van der Waals surface area contributed by atoms with Gasteiger partial charge in [-0.3, -0.25) is 9.59 Å². The molecule has 0 aliphatic carbocycles. The van der Waals surface area contributed by atoms with E-state index >= 15 is 0 Å². The molecule has 1 amide bonds. The molecule has 0 unspecified atom stereocenters. The highest BCUT2D eigenvalue weighted by Gasteiger charge is 2.27. The summed E-state index contributed by atoms with van der Waals surface area (Å²) in [6.07, 6.45) is 0.880. The Morgan fingerprint density at radius 2 is 1.82 bits per heavy atom. The summed E-state index contributed by atoms with van der Waals surface area (Å²) in [5.74, 6) is -0.256. The first kappa shape index (κ1) is 22.4. The average Bonchev–Trinajstić information content (AvgIpc) is 2.83. The molecule has 1 saturated heterocycles. The van der Waals surface area contributed by atoms with Gasteiger partial charge in [-0.15, -0.1) is 0 Å². The summed E-state index contributed by atoms with van der Waals surface area (Å²) in [4.78, 5) is 37.5. The summed E-state index contributed by atoms with van der Waals surface area (Å²) in [5, 5.41) is 9.86. The molecule has 0 radical (unpaired) electrons. The second kappa shape index (κ2) is 9.36. The lowest BCUT2D eigenvalue weighted by atomic mass is 9.97. The lowest BCUT2D eigenvalue weighted by Gasteiger charge is -2.30. The Bertz CT molecular complexity index is 1240. The topological polar surface area (TPSA) is 106 Å². The van der Waals surface area contributed by atoms with Crippen LogP contribution < -0.4 is 15.1 Å². The van der Waals surface area contributed by atoms with E-state index in [2.05, 4.69) is 0 Å². The van der Waals surface area contributed by atoms with E-state index in [1.165, 1.54) is 6.07 Å². The molecule has 33 heavy (non-hydrogen) atoms. The number of ether oxygens (including phenoxy) is 2. The molecule has 0 bridgehead atoms. The normalized spacial score (nSPS) is 14.3. The lowest BCUT2D eigenvalue weighted by molar-refractivity contribution is -0.146. The molecule has 0 spiro atoms. The standard InChI is InChI=1S/C25H25NO7/c1-15-21(32-14-22(27)26-11-9-17(10-12-26)25(29)30)8-7-19-20(13-23(28)33-24(15)19)16-3-5-18(31-2)6-4-16/h3-8,13,17H,9-12,14H2,1-2H3,(H,29,30). The second-order valence-corrected chi connectivity index (χ2v) is 8.05. The Balaban J connectivity index is 1.54. The molecule has 8 heteroatoms. The summed E-state index contributed by atoms with van der Waals surface area (Å²) >= 11 is 0. The molecule has 172 valence electrons. The van der Waals surface area contributed by atoms with Gasteiger partial charge >= 0.3 is 11.6 Å². The van der Waals surface area contributed by atoms with Crippen molar-refractivity contribution in [2.75, 3.05) is 26.8 Å². The molecule has 4 rings (SSSR count). The van der Waals surface area contributed by atoms with E-state index in [9.17, 15) is 14.4 Å². The highest BCUT2D eigenvalue weighted by atomic mass is 16.5.